The van der Waals surface area contributed by atoms with Gasteiger partial charge >= 0.3 is 11.7 Å². The van der Waals surface area contributed by atoms with Crippen LogP contribution in [0.5, 0.6) is 0 Å². The third-order valence-electron chi connectivity index (χ3n) is 4.24. The highest BCUT2D eigenvalue weighted by Crippen LogP contribution is 2.27. The minimum atomic E-state index is -2.53. The van der Waals surface area contributed by atoms with E-state index in [9.17, 15) is 23.2 Å². The quantitative estimate of drug-likeness (QED) is 0.778. The van der Waals surface area contributed by atoms with Gasteiger partial charge < -0.3 is 10.2 Å². The maximum absolute atomic E-state index is 12.5. The number of anilines is 1. The van der Waals surface area contributed by atoms with Crippen LogP contribution in [0.4, 0.5) is 19.3 Å². The predicted molar refractivity (Wildman–Crippen MR) is 98.5 cm³/mol. The van der Waals surface area contributed by atoms with E-state index in [1.807, 2.05) is 0 Å². The maximum Gasteiger partial charge on any atom is 0.328 e. The number of rotatable bonds is 4. The number of halogens is 2. The zero-order chi connectivity index (χ0) is 19.4. The molecule has 1 aromatic carbocycles. The molecule has 1 atom stereocenters. The molecule has 27 heavy (non-hydrogen) atoms. The molecule has 10 heteroatoms. The van der Waals surface area contributed by atoms with Crippen LogP contribution in [-0.4, -0.2) is 39.3 Å². The van der Waals surface area contributed by atoms with Crippen LogP contribution in [-0.2, 0) is 0 Å². The van der Waals surface area contributed by atoms with Crippen LogP contribution in [0.15, 0.2) is 51.0 Å². The zero-order valence-corrected chi connectivity index (χ0v) is 15.0. The number of piperidine rings is 1. The van der Waals surface area contributed by atoms with Gasteiger partial charge in [0.15, 0.2) is 0 Å². The third kappa shape index (κ3) is 4.97. The Balaban J connectivity index is 1.68. The first kappa shape index (κ1) is 19.2. The average molecular weight is 396 g/mol. The first-order chi connectivity index (χ1) is 12.9. The highest BCUT2D eigenvalue weighted by molar-refractivity contribution is 7.99. The third-order valence-corrected chi connectivity index (χ3v) is 4.94. The molecule has 0 saturated carbocycles. The van der Waals surface area contributed by atoms with Crippen molar-refractivity contribution in [2.75, 3.05) is 18.4 Å². The summed E-state index contributed by atoms with van der Waals surface area (Å²) < 4.78 is 26.4. The molecule has 7 nitrogen and oxygen atoms in total. The average Bonchev–Trinajstić information content (AvgIpc) is 2.61. The van der Waals surface area contributed by atoms with Crippen molar-refractivity contribution in [3.05, 3.63) is 57.4 Å². The van der Waals surface area contributed by atoms with Gasteiger partial charge in [-0.2, -0.15) is 8.78 Å². The molecule has 2 heterocycles. The van der Waals surface area contributed by atoms with Crippen LogP contribution >= 0.6 is 11.8 Å². The molecule has 2 aromatic rings. The lowest BCUT2D eigenvalue weighted by Crippen LogP contribution is -2.45. The SMILES string of the molecule is O=C(Nc1cccc(SC(F)F)c1)N1CCCC(n2ccc(=O)[nH]c2=O)C1. The normalized spacial score (nSPS) is 17.1. The Hall–Kier alpha value is -2.62. The standard InChI is InChI=1S/C17H18F2N4O3S/c18-15(19)27-13-5-1-3-11(9-13)20-16(25)22-7-2-4-12(10-22)23-8-6-14(24)21-17(23)26/h1,3,5-6,8-9,12,15H,2,4,7,10H2,(H,20,25)(H,21,24,26). The molecule has 144 valence electrons. The molecule has 1 aliphatic heterocycles. The minimum absolute atomic E-state index is 0.241. The van der Waals surface area contributed by atoms with Crippen molar-refractivity contribution in [2.45, 2.75) is 29.5 Å². The van der Waals surface area contributed by atoms with Crippen LogP contribution in [0.25, 0.3) is 0 Å². The largest absolute Gasteiger partial charge is 0.328 e. The summed E-state index contributed by atoms with van der Waals surface area (Å²) in [6, 6.07) is 6.92. The highest BCUT2D eigenvalue weighted by Gasteiger charge is 2.25. The fourth-order valence-electron chi connectivity index (χ4n) is 3.03. The number of benzene rings is 1. The molecular weight excluding hydrogens is 378 g/mol. The monoisotopic (exact) mass is 396 g/mol. The number of likely N-dealkylation sites (tertiary alicyclic amines) is 1. The molecule has 1 saturated heterocycles. The fourth-order valence-corrected chi connectivity index (χ4v) is 3.59. The number of thioether (sulfide) groups is 1. The zero-order valence-electron chi connectivity index (χ0n) is 14.2. The van der Waals surface area contributed by atoms with E-state index in [-0.39, 0.29) is 12.1 Å². The van der Waals surface area contributed by atoms with Crippen molar-refractivity contribution in [1.82, 2.24) is 14.5 Å². The molecule has 1 fully saturated rings. The van der Waals surface area contributed by atoms with Crippen LogP contribution in [0, 0.1) is 0 Å². The topological polar surface area (TPSA) is 87.2 Å². The van der Waals surface area contributed by atoms with Gasteiger partial charge in [0.1, 0.15) is 0 Å². The molecule has 3 rings (SSSR count). The second kappa shape index (κ2) is 8.38. The molecule has 0 radical (unpaired) electrons. The van der Waals surface area contributed by atoms with Gasteiger partial charge in [-0.05, 0) is 31.0 Å². The van der Waals surface area contributed by atoms with E-state index in [1.54, 1.807) is 23.1 Å². The Morgan fingerprint density at radius 3 is 2.85 bits per heavy atom. The van der Waals surface area contributed by atoms with Crippen LogP contribution in [0.2, 0.25) is 0 Å². The number of carbonyl (C=O) groups is 1. The van der Waals surface area contributed by atoms with Crippen molar-refractivity contribution >= 4 is 23.5 Å². The molecule has 2 N–H and O–H groups in total. The van der Waals surface area contributed by atoms with E-state index in [2.05, 4.69) is 10.3 Å². The summed E-state index contributed by atoms with van der Waals surface area (Å²) in [5.74, 6) is -2.53. The lowest BCUT2D eigenvalue weighted by Gasteiger charge is -2.33. The summed E-state index contributed by atoms with van der Waals surface area (Å²) in [6.07, 6.45) is 2.83. The maximum atomic E-state index is 12.5. The van der Waals surface area contributed by atoms with Gasteiger partial charge in [0.25, 0.3) is 11.3 Å². The van der Waals surface area contributed by atoms with Gasteiger partial charge in [-0.25, -0.2) is 9.59 Å². The Kier molecular flexibility index (Phi) is 5.94. The van der Waals surface area contributed by atoms with Crippen LogP contribution < -0.4 is 16.6 Å². The number of H-pyrrole nitrogens is 1. The molecule has 0 bridgehead atoms. The number of amides is 2. The van der Waals surface area contributed by atoms with Gasteiger partial charge in [0.2, 0.25) is 0 Å². The Labute approximate surface area is 157 Å². The number of urea groups is 1. The van der Waals surface area contributed by atoms with E-state index in [0.717, 1.165) is 0 Å². The second-order valence-corrected chi connectivity index (χ2v) is 7.16. The second-order valence-electron chi connectivity index (χ2n) is 6.10. The van der Waals surface area contributed by atoms with E-state index in [1.165, 1.54) is 22.9 Å². The first-order valence-corrected chi connectivity index (χ1v) is 9.22. The van der Waals surface area contributed by atoms with Crippen molar-refractivity contribution in [1.29, 1.82) is 0 Å². The summed E-state index contributed by atoms with van der Waals surface area (Å²) in [7, 11) is 0. The van der Waals surface area contributed by atoms with Crippen LogP contribution in [0.3, 0.4) is 0 Å². The number of hydrogen-bond donors (Lipinski definition) is 2. The highest BCUT2D eigenvalue weighted by atomic mass is 32.2. The molecule has 1 aromatic heterocycles. The number of nitrogens with zero attached hydrogens (tertiary/aromatic N) is 2. The first-order valence-electron chi connectivity index (χ1n) is 8.34. The summed E-state index contributed by atoms with van der Waals surface area (Å²) in [5, 5.41) is 2.70. The summed E-state index contributed by atoms with van der Waals surface area (Å²) in [6.45, 7) is 0.829. The minimum Gasteiger partial charge on any atom is -0.322 e. The van der Waals surface area contributed by atoms with Crippen LogP contribution in [0.1, 0.15) is 18.9 Å². The van der Waals surface area contributed by atoms with E-state index < -0.39 is 17.0 Å². The number of nitrogens with one attached hydrogen (secondary N) is 2. The number of aromatic amines is 1. The summed E-state index contributed by atoms with van der Waals surface area (Å²) >= 11 is 0.410. The fraction of sp³-hybridized carbons (Fsp3) is 0.353. The van der Waals surface area contributed by atoms with Crippen molar-refractivity contribution in [3.8, 4) is 0 Å². The lowest BCUT2D eigenvalue weighted by molar-refractivity contribution is 0.177. The Morgan fingerprint density at radius 2 is 2.11 bits per heavy atom. The van der Waals surface area contributed by atoms with Gasteiger partial charge in [-0.15, -0.1) is 0 Å². The van der Waals surface area contributed by atoms with Gasteiger partial charge in [0, 0.05) is 35.9 Å². The molecule has 1 aliphatic rings. The van der Waals surface area contributed by atoms with Crippen molar-refractivity contribution in [3.63, 3.8) is 0 Å². The molecule has 1 unspecified atom stereocenters. The van der Waals surface area contributed by atoms with E-state index >= 15 is 0 Å². The Bertz CT molecular complexity index is 931. The number of carbonyl (C=O) groups excluding carboxylic acids is 1. The van der Waals surface area contributed by atoms with Crippen molar-refractivity contribution in [2.24, 2.45) is 0 Å². The smallest absolute Gasteiger partial charge is 0.322 e. The van der Waals surface area contributed by atoms with Gasteiger partial charge in [-0.1, -0.05) is 17.8 Å². The van der Waals surface area contributed by atoms with Gasteiger partial charge in [0.05, 0.1) is 6.04 Å². The predicted octanol–water partition coefficient (Wildman–Crippen LogP) is 2.72. The summed E-state index contributed by atoms with van der Waals surface area (Å²) in [4.78, 5) is 39.8. The van der Waals surface area contributed by atoms with Crippen molar-refractivity contribution < 1.29 is 13.6 Å². The van der Waals surface area contributed by atoms with E-state index in [4.69, 9.17) is 0 Å². The molecular formula is C17H18F2N4O3S. The molecule has 0 spiro atoms. The number of hydrogen-bond acceptors (Lipinski definition) is 4. The Morgan fingerprint density at radius 1 is 1.30 bits per heavy atom. The lowest BCUT2D eigenvalue weighted by atomic mass is 10.1. The molecule has 2 amide bonds. The molecule has 0 aliphatic carbocycles. The van der Waals surface area contributed by atoms with E-state index in [0.29, 0.717) is 48.3 Å². The summed E-state index contributed by atoms with van der Waals surface area (Å²) in [5.41, 5.74) is -0.552. The number of alkyl halides is 2. The number of aromatic nitrogens is 2. The van der Waals surface area contributed by atoms with Gasteiger partial charge in [-0.3, -0.25) is 14.3 Å².